The summed E-state index contributed by atoms with van der Waals surface area (Å²) in [5.74, 6) is -1.10. The van der Waals surface area contributed by atoms with E-state index in [9.17, 15) is 18.1 Å². The van der Waals surface area contributed by atoms with Crippen LogP contribution < -0.4 is 64.2 Å². The Morgan fingerprint density at radius 2 is 1.27 bits per heavy atom. The molecular formula is C16H31NNa2O6S. The largest absolute Gasteiger partial charge is 1.00 e. The summed E-state index contributed by atoms with van der Waals surface area (Å²) in [7, 11) is -5.02. The molecule has 1 atom stereocenters. The minimum Gasteiger partial charge on any atom is -0.860 e. The van der Waals surface area contributed by atoms with Crippen LogP contribution in [0.25, 0.3) is 0 Å². The zero-order chi connectivity index (χ0) is 18.3. The van der Waals surface area contributed by atoms with E-state index < -0.39 is 22.4 Å². The summed E-state index contributed by atoms with van der Waals surface area (Å²) in [6, 6.07) is 0. The van der Waals surface area contributed by atoms with Crippen molar-refractivity contribution in [2.24, 2.45) is 0 Å². The fraction of sp³-hybridized carbons (Fsp3) is 0.938. The summed E-state index contributed by atoms with van der Waals surface area (Å²) in [5.41, 5.74) is 0. The van der Waals surface area contributed by atoms with E-state index in [1.165, 1.54) is 51.4 Å². The van der Waals surface area contributed by atoms with Crippen molar-refractivity contribution in [3.63, 3.8) is 0 Å². The van der Waals surface area contributed by atoms with Gasteiger partial charge in [-0.1, -0.05) is 84.0 Å². The molecule has 0 fully saturated rings. The molecule has 1 unspecified atom stereocenters. The smallest absolute Gasteiger partial charge is 0.860 e. The molecule has 7 nitrogen and oxygen atoms in total. The maximum atomic E-state index is 11.0. The zero-order valence-corrected chi connectivity index (χ0v) is 21.4. The van der Waals surface area contributed by atoms with E-state index in [0.29, 0.717) is 6.42 Å². The molecule has 0 aromatic heterocycles. The maximum Gasteiger partial charge on any atom is 1.00 e. The maximum absolute atomic E-state index is 11.0. The number of hydrogen-bond donors (Lipinski definition) is 1. The molecule has 0 aromatic carbocycles. The van der Waals surface area contributed by atoms with E-state index in [1.54, 1.807) is 0 Å². The Kier molecular flexibility index (Phi) is 25.9. The van der Waals surface area contributed by atoms with Gasteiger partial charge in [0.25, 0.3) is 0 Å². The van der Waals surface area contributed by atoms with Crippen LogP contribution in [0, 0.1) is 5.41 Å². The molecule has 0 heterocycles. The van der Waals surface area contributed by atoms with Crippen LogP contribution in [0.4, 0.5) is 0 Å². The van der Waals surface area contributed by atoms with E-state index in [4.69, 9.17) is 5.41 Å². The van der Waals surface area contributed by atoms with Gasteiger partial charge >= 0.3 is 59.1 Å². The first-order chi connectivity index (χ1) is 11.4. The normalized spacial score (nSPS) is 12.1. The Bertz CT molecular complexity index is 423. The summed E-state index contributed by atoms with van der Waals surface area (Å²) in [4.78, 5) is 4.23. The van der Waals surface area contributed by atoms with Gasteiger partial charge in [0.05, 0.1) is 0 Å². The number of unbranched alkanes of at least 4 members (excludes halogenated alkanes) is 11. The molecule has 0 amide bonds. The minimum absolute atomic E-state index is 0. The van der Waals surface area contributed by atoms with Crippen molar-refractivity contribution in [3.8, 4) is 0 Å². The molecule has 10 heteroatoms. The standard InChI is InChI=1S/C16H33NO6S.2Na/c1-2-3-4-5-6-7-8-9-10-11-12-13-14-15(16(17)18)22-23-24(19,20)21;;/h15H,2-14H2,1H3,(H2,17,18)(H,19,20,21);;/q;2*+1/p-2. The van der Waals surface area contributed by atoms with Gasteiger partial charge in [-0.2, -0.15) is 0 Å². The quantitative estimate of drug-likeness (QED) is 0.0403. The molecule has 0 radical (unpaired) electrons. The molecule has 1 N–H and O–H groups in total. The first kappa shape index (κ1) is 32.0. The third kappa shape index (κ3) is 23.3. The minimum atomic E-state index is -5.02. The monoisotopic (exact) mass is 411 g/mol. The van der Waals surface area contributed by atoms with Crippen LogP contribution in [0.1, 0.15) is 90.4 Å². The van der Waals surface area contributed by atoms with E-state index in [2.05, 4.69) is 16.1 Å². The van der Waals surface area contributed by atoms with Crippen molar-refractivity contribution in [2.45, 2.75) is 96.5 Å². The van der Waals surface area contributed by atoms with Crippen LogP contribution in [-0.2, 0) is 19.6 Å². The van der Waals surface area contributed by atoms with Crippen LogP contribution in [-0.4, -0.2) is 25.0 Å². The van der Waals surface area contributed by atoms with Gasteiger partial charge < -0.3 is 15.1 Å². The predicted octanol–water partition coefficient (Wildman–Crippen LogP) is -2.80. The van der Waals surface area contributed by atoms with Gasteiger partial charge in [0.2, 0.25) is 10.4 Å². The SMILES string of the molecule is CCCCCCCCCCCCCCC(OOS(=O)(=O)[O-])C(=N)[O-].[Na+].[Na+]. The van der Waals surface area contributed by atoms with Gasteiger partial charge in [-0.25, -0.2) is 13.3 Å². The molecule has 0 aliphatic heterocycles. The average Bonchev–Trinajstić information content (AvgIpc) is 2.49. The van der Waals surface area contributed by atoms with Crippen molar-refractivity contribution in [1.29, 1.82) is 5.41 Å². The summed E-state index contributed by atoms with van der Waals surface area (Å²) in [6.45, 7) is 2.22. The molecule has 0 aliphatic carbocycles. The first-order valence-corrected chi connectivity index (χ1v) is 10.3. The molecule has 0 saturated carbocycles. The van der Waals surface area contributed by atoms with Crippen molar-refractivity contribution in [1.82, 2.24) is 0 Å². The molecule has 0 spiro atoms. The fourth-order valence-electron chi connectivity index (χ4n) is 2.49. The summed E-state index contributed by atoms with van der Waals surface area (Å²) in [5, 5.41) is 17.9. The Morgan fingerprint density at radius 1 is 0.885 bits per heavy atom. The summed E-state index contributed by atoms with van der Waals surface area (Å²) in [6.07, 6.45) is 12.8. The Balaban J connectivity index is -0.00000264. The van der Waals surface area contributed by atoms with Gasteiger partial charge in [-0.15, -0.1) is 4.33 Å². The third-order valence-corrected chi connectivity index (χ3v) is 4.10. The molecule has 0 saturated heterocycles. The first-order valence-electron chi connectivity index (χ1n) is 8.93. The second-order valence-electron chi connectivity index (χ2n) is 6.10. The second-order valence-corrected chi connectivity index (χ2v) is 7.06. The third-order valence-electron chi connectivity index (χ3n) is 3.85. The number of hydrogen-bond acceptors (Lipinski definition) is 7. The molecule has 144 valence electrons. The van der Waals surface area contributed by atoms with E-state index in [1.807, 2.05) is 0 Å². The Labute approximate surface area is 203 Å². The van der Waals surface area contributed by atoms with Crippen LogP contribution >= 0.6 is 0 Å². The number of nitrogens with one attached hydrogen (secondary N) is 1. The van der Waals surface area contributed by atoms with Crippen LogP contribution in [0.2, 0.25) is 0 Å². The second kappa shape index (κ2) is 21.0. The fourth-order valence-corrected chi connectivity index (χ4v) is 2.68. The van der Waals surface area contributed by atoms with Gasteiger partial charge in [-0.3, -0.25) is 0 Å². The molecule has 0 bridgehead atoms. The van der Waals surface area contributed by atoms with Crippen molar-refractivity contribution < 1.29 is 86.4 Å². The van der Waals surface area contributed by atoms with Gasteiger partial charge in [0.1, 0.15) is 6.10 Å². The Morgan fingerprint density at radius 3 is 1.62 bits per heavy atom. The van der Waals surface area contributed by atoms with Gasteiger partial charge in [0, 0.05) is 0 Å². The summed E-state index contributed by atoms with van der Waals surface area (Å²) >= 11 is 0. The van der Waals surface area contributed by atoms with E-state index in [-0.39, 0.29) is 65.5 Å². The van der Waals surface area contributed by atoms with Gasteiger partial charge in [-0.05, 0) is 12.3 Å². The number of rotatable bonds is 17. The van der Waals surface area contributed by atoms with E-state index >= 15 is 0 Å². The zero-order valence-electron chi connectivity index (χ0n) is 16.6. The molecular weight excluding hydrogens is 380 g/mol. The van der Waals surface area contributed by atoms with Crippen LogP contribution in [0.3, 0.4) is 0 Å². The molecule has 0 rings (SSSR count). The summed E-state index contributed by atoms with van der Waals surface area (Å²) < 4.78 is 34.4. The van der Waals surface area contributed by atoms with E-state index in [0.717, 1.165) is 19.3 Å². The molecule has 0 aliphatic rings. The molecule has 26 heavy (non-hydrogen) atoms. The van der Waals surface area contributed by atoms with Crippen LogP contribution in [0.5, 0.6) is 0 Å². The van der Waals surface area contributed by atoms with Gasteiger partial charge in [0.15, 0.2) is 0 Å². The molecule has 0 aromatic rings. The van der Waals surface area contributed by atoms with Crippen molar-refractivity contribution >= 4 is 16.3 Å². The van der Waals surface area contributed by atoms with Crippen molar-refractivity contribution in [2.75, 3.05) is 0 Å². The average molecular weight is 411 g/mol. The Hall–Kier alpha value is 1.30. The van der Waals surface area contributed by atoms with Crippen LogP contribution in [0.15, 0.2) is 0 Å². The topological polar surface area (TPSA) is 123 Å². The van der Waals surface area contributed by atoms with Crippen molar-refractivity contribution in [3.05, 3.63) is 0 Å². The predicted molar refractivity (Wildman–Crippen MR) is 89.1 cm³/mol.